The Labute approximate surface area is 112 Å². The Kier molecular flexibility index (Phi) is 3.90. The molecule has 0 aromatic heterocycles. The molecule has 0 spiro atoms. The topological polar surface area (TPSA) is 17.1 Å². The molecule has 0 radical (unpaired) electrons. The molecular weight excluding hydrogens is 277 g/mol. The third-order valence-corrected chi connectivity index (χ3v) is 3.05. The number of hydrogen-bond donors (Lipinski definition) is 0. The minimum Gasteiger partial charge on any atom is -0.292 e. The molecule has 0 heterocycles. The smallest absolute Gasteiger partial charge is 0.191 e. The van der Waals surface area contributed by atoms with Crippen LogP contribution in [0.15, 0.2) is 42.5 Å². The molecule has 0 aliphatic heterocycles. The van der Waals surface area contributed by atoms with Crippen molar-refractivity contribution in [2.75, 3.05) is 0 Å². The van der Waals surface area contributed by atoms with Gasteiger partial charge in [-0.3, -0.25) is 4.79 Å². The number of alkyl halides is 1. The maximum Gasteiger partial charge on any atom is 0.191 e. The lowest BCUT2D eigenvalue weighted by atomic mass is 10.0. The second-order valence-electron chi connectivity index (χ2n) is 3.88. The molecule has 98 valence electrons. The van der Waals surface area contributed by atoms with Crippen molar-refractivity contribution in [2.45, 2.75) is 5.38 Å². The maximum absolute atomic E-state index is 13.5. The van der Waals surface area contributed by atoms with Crippen LogP contribution < -0.4 is 0 Å². The first-order valence-electron chi connectivity index (χ1n) is 5.38. The van der Waals surface area contributed by atoms with Gasteiger partial charge in [-0.2, -0.15) is 0 Å². The molecule has 2 aromatic carbocycles. The van der Waals surface area contributed by atoms with Gasteiger partial charge in [0.15, 0.2) is 5.78 Å². The molecule has 2 aromatic rings. The maximum atomic E-state index is 13.5. The van der Waals surface area contributed by atoms with Gasteiger partial charge < -0.3 is 0 Å². The number of benzene rings is 2. The van der Waals surface area contributed by atoms with E-state index in [0.29, 0.717) is 0 Å². The standard InChI is InChI=1S/C14H8ClF3O/c15-13(8-4-6-9(16)7-5-8)14(19)12-10(17)2-1-3-11(12)18/h1-7,13H. The molecule has 1 nitrogen and oxygen atoms in total. The van der Waals surface area contributed by atoms with E-state index in [0.717, 1.165) is 30.3 Å². The first-order chi connectivity index (χ1) is 9.00. The molecule has 1 atom stereocenters. The van der Waals surface area contributed by atoms with Crippen molar-refractivity contribution in [2.24, 2.45) is 0 Å². The van der Waals surface area contributed by atoms with Gasteiger partial charge >= 0.3 is 0 Å². The first-order valence-corrected chi connectivity index (χ1v) is 5.82. The molecule has 0 fully saturated rings. The summed E-state index contributed by atoms with van der Waals surface area (Å²) in [5.41, 5.74) is -0.414. The molecule has 0 N–H and O–H groups in total. The van der Waals surface area contributed by atoms with Crippen molar-refractivity contribution >= 4 is 17.4 Å². The highest BCUT2D eigenvalue weighted by atomic mass is 35.5. The lowest BCUT2D eigenvalue weighted by Crippen LogP contribution is -2.12. The molecule has 5 heteroatoms. The first kappa shape index (κ1) is 13.6. The van der Waals surface area contributed by atoms with Crippen LogP contribution in [0.1, 0.15) is 21.3 Å². The predicted molar refractivity (Wildman–Crippen MR) is 65.7 cm³/mol. The van der Waals surface area contributed by atoms with Gasteiger partial charge in [0.05, 0.1) is 5.56 Å². The quantitative estimate of drug-likeness (QED) is 0.608. The summed E-state index contributed by atoms with van der Waals surface area (Å²) >= 11 is 5.88. The van der Waals surface area contributed by atoms with Crippen molar-refractivity contribution in [1.29, 1.82) is 0 Å². The molecule has 0 aliphatic rings. The zero-order chi connectivity index (χ0) is 14.0. The summed E-state index contributed by atoms with van der Waals surface area (Å²) in [7, 11) is 0. The molecule has 0 aliphatic carbocycles. The summed E-state index contributed by atoms with van der Waals surface area (Å²) in [5.74, 6) is -3.34. The second kappa shape index (κ2) is 5.45. The Bertz CT molecular complexity index is 590. The van der Waals surface area contributed by atoms with Crippen LogP contribution >= 0.6 is 11.6 Å². The average molecular weight is 285 g/mol. The van der Waals surface area contributed by atoms with E-state index >= 15 is 0 Å². The third kappa shape index (κ3) is 2.79. The minimum absolute atomic E-state index is 0.274. The number of carbonyl (C=O) groups is 1. The van der Waals surface area contributed by atoms with Gasteiger partial charge in [-0.1, -0.05) is 18.2 Å². The summed E-state index contributed by atoms with van der Waals surface area (Å²) in [6.07, 6.45) is 0. The highest BCUT2D eigenvalue weighted by molar-refractivity contribution is 6.34. The largest absolute Gasteiger partial charge is 0.292 e. The number of hydrogen-bond acceptors (Lipinski definition) is 1. The summed E-state index contributed by atoms with van der Waals surface area (Å²) < 4.78 is 39.7. The molecule has 0 bridgehead atoms. The van der Waals surface area contributed by atoms with Crippen LogP contribution in [0.5, 0.6) is 0 Å². The number of Topliss-reactive ketones (excluding diaryl/α,β-unsaturated/α-hetero) is 1. The second-order valence-corrected chi connectivity index (χ2v) is 4.31. The number of rotatable bonds is 3. The van der Waals surface area contributed by atoms with E-state index in [-0.39, 0.29) is 5.56 Å². The lowest BCUT2D eigenvalue weighted by Gasteiger charge is -2.10. The molecule has 1 unspecified atom stereocenters. The van der Waals surface area contributed by atoms with Crippen molar-refractivity contribution in [3.63, 3.8) is 0 Å². The van der Waals surface area contributed by atoms with Crippen LogP contribution in [0.3, 0.4) is 0 Å². The fourth-order valence-electron chi connectivity index (χ4n) is 1.64. The molecular formula is C14H8ClF3O. The minimum atomic E-state index is -1.27. The van der Waals surface area contributed by atoms with Gasteiger partial charge in [0.2, 0.25) is 0 Å². The van der Waals surface area contributed by atoms with Gasteiger partial charge in [-0.25, -0.2) is 13.2 Å². The van der Waals surface area contributed by atoms with E-state index in [1.807, 2.05) is 0 Å². The number of carbonyl (C=O) groups excluding carboxylic acids is 1. The Morgan fingerprint density at radius 2 is 1.47 bits per heavy atom. The fraction of sp³-hybridized carbons (Fsp3) is 0.0714. The molecule has 2 rings (SSSR count). The predicted octanol–water partition coefficient (Wildman–Crippen LogP) is 4.27. The Balaban J connectivity index is 2.36. The van der Waals surface area contributed by atoms with E-state index in [1.54, 1.807) is 0 Å². The van der Waals surface area contributed by atoms with Crippen LogP contribution in [-0.4, -0.2) is 5.78 Å². The molecule has 0 amide bonds. The Hall–Kier alpha value is -1.81. The zero-order valence-corrected chi connectivity index (χ0v) is 10.3. The summed E-state index contributed by atoms with van der Waals surface area (Å²) in [5, 5.41) is -1.27. The highest BCUT2D eigenvalue weighted by Crippen LogP contribution is 2.27. The van der Waals surface area contributed by atoms with Crippen LogP contribution in [-0.2, 0) is 0 Å². The molecule has 19 heavy (non-hydrogen) atoms. The lowest BCUT2D eigenvalue weighted by molar-refractivity contribution is 0.0979. The zero-order valence-electron chi connectivity index (χ0n) is 9.54. The summed E-state index contributed by atoms with van der Waals surface area (Å²) in [6, 6.07) is 7.94. The fourth-order valence-corrected chi connectivity index (χ4v) is 1.90. The van der Waals surface area contributed by atoms with Crippen LogP contribution in [0.4, 0.5) is 13.2 Å². The molecule has 0 saturated carbocycles. The normalized spacial score (nSPS) is 12.2. The van der Waals surface area contributed by atoms with E-state index in [1.165, 1.54) is 12.1 Å². The van der Waals surface area contributed by atoms with E-state index in [9.17, 15) is 18.0 Å². The Morgan fingerprint density at radius 1 is 0.947 bits per heavy atom. The van der Waals surface area contributed by atoms with Crippen LogP contribution in [0, 0.1) is 17.5 Å². The summed E-state index contributed by atoms with van der Waals surface area (Å²) in [6.45, 7) is 0. The van der Waals surface area contributed by atoms with E-state index < -0.39 is 34.2 Å². The van der Waals surface area contributed by atoms with Crippen molar-refractivity contribution in [3.05, 3.63) is 71.0 Å². The van der Waals surface area contributed by atoms with Gasteiger partial charge in [-0.15, -0.1) is 11.6 Å². The van der Waals surface area contributed by atoms with Crippen molar-refractivity contribution < 1.29 is 18.0 Å². The van der Waals surface area contributed by atoms with Crippen LogP contribution in [0.25, 0.3) is 0 Å². The number of halogens is 4. The Morgan fingerprint density at radius 3 is 2.00 bits per heavy atom. The average Bonchev–Trinajstić information content (AvgIpc) is 2.38. The van der Waals surface area contributed by atoms with Gasteiger partial charge in [-0.05, 0) is 29.8 Å². The number of ketones is 1. The van der Waals surface area contributed by atoms with Crippen molar-refractivity contribution in [1.82, 2.24) is 0 Å². The van der Waals surface area contributed by atoms with Crippen LogP contribution in [0.2, 0.25) is 0 Å². The van der Waals surface area contributed by atoms with Gasteiger partial charge in [0, 0.05) is 0 Å². The van der Waals surface area contributed by atoms with Crippen molar-refractivity contribution in [3.8, 4) is 0 Å². The monoisotopic (exact) mass is 284 g/mol. The highest BCUT2D eigenvalue weighted by Gasteiger charge is 2.25. The SMILES string of the molecule is O=C(c1c(F)cccc1F)C(Cl)c1ccc(F)cc1. The van der Waals surface area contributed by atoms with Gasteiger partial charge in [0.25, 0.3) is 0 Å². The molecule has 0 saturated heterocycles. The van der Waals surface area contributed by atoms with Gasteiger partial charge in [0.1, 0.15) is 22.8 Å². The van der Waals surface area contributed by atoms with E-state index in [2.05, 4.69) is 0 Å². The third-order valence-electron chi connectivity index (χ3n) is 2.60. The summed E-state index contributed by atoms with van der Waals surface area (Å²) in [4.78, 5) is 12.0. The van der Waals surface area contributed by atoms with E-state index in [4.69, 9.17) is 11.6 Å².